The molecule has 0 radical (unpaired) electrons. The van der Waals surface area contributed by atoms with Gasteiger partial charge in [0.25, 0.3) is 0 Å². The van der Waals surface area contributed by atoms with Crippen molar-refractivity contribution in [3.05, 3.63) is 24.0 Å². The first-order valence-corrected chi connectivity index (χ1v) is 6.47. The molecule has 0 bridgehead atoms. The van der Waals surface area contributed by atoms with Gasteiger partial charge in [-0.3, -0.25) is 0 Å². The molecule has 1 aliphatic heterocycles. The number of rotatable bonds is 4. The first kappa shape index (κ1) is 13.0. The Morgan fingerprint density at radius 1 is 1.50 bits per heavy atom. The minimum Gasteiger partial charge on any atom is -0.494 e. The lowest BCUT2D eigenvalue weighted by molar-refractivity contribution is 0.0707. The Bertz CT molecular complexity index is 357. The molecule has 2 atom stereocenters. The predicted octanol–water partition coefficient (Wildman–Crippen LogP) is 3.04. The average molecular weight is 252 g/mol. The number of carbonyl (C=O) groups is 1. The standard InChI is InChI=1S/C14H20O4/c1-10(2)11-5-3-4-6-12(7-11)16-8-13-9-17-14(15)18-13/h3-4,6,10-11,13H,5,7-9H2,1-2H3. The summed E-state index contributed by atoms with van der Waals surface area (Å²) in [5.74, 6) is 2.20. The zero-order chi connectivity index (χ0) is 13.0. The molecule has 2 unspecified atom stereocenters. The van der Waals surface area contributed by atoms with Gasteiger partial charge in [-0.15, -0.1) is 0 Å². The van der Waals surface area contributed by atoms with Crippen LogP contribution in [0.5, 0.6) is 0 Å². The molecule has 1 fully saturated rings. The summed E-state index contributed by atoms with van der Waals surface area (Å²) in [6.45, 7) is 5.12. The molecule has 2 rings (SSSR count). The van der Waals surface area contributed by atoms with E-state index in [0.717, 1.165) is 18.6 Å². The van der Waals surface area contributed by atoms with Crippen LogP contribution < -0.4 is 0 Å². The number of carbonyl (C=O) groups excluding carboxylic acids is 1. The topological polar surface area (TPSA) is 44.8 Å². The van der Waals surface area contributed by atoms with Crippen LogP contribution in [0.2, 0.25) is 0 Å². The van der Waals surface area contributed by atoms with Crippen molar-refractivity contribution in [1.82, 2.24) is 0 Å². The Morgan fingerprint density at radius 3 is 3.00 bits per heavy atom. The van der Waals surface area contributed by atoms with Crippen molar-refractivity contribution in [3.63, 3.8) is 0 Å². The van der Waals surface area contributed by atoms with Gasteiger partial charge in [-0.2, -0.15) is 0 Å². The molecule has 1 heterocycles. The number of hydrogen-bond donors (Lipinski definition) is 0. The molecule has 4 nitrogen and oxygen atoms in total. The Hall–Kier alpha value is -1.45. The second-order valence-electron chi connectivity index (χ2n) is 5.12. The van der Waals surface area contributed by atoms with E-state index in [1.807, 2.05) is 12.2 Å². The quantitative estimate of drug-likeness (QED) is 0.721. The van der Waals surface area contributed by atoms with Gasteiger partial charge in [-0.25, -0.2) is 4.79 Å². The van der Waals surface area contributed by atoms with E-state index in [2.05, 4.69) is 19.9 Å². The van der Waals surface area contributed by atoms with Gasteiger partial charge in [0.15, 0.2) is 6.10 Å². The molecule has 0 N–H and O–H groups in total. The van der Waals surface area contributed by atoms with E-state index >= 15 is 0 Å². The van der Waals surface area contributed by atoms with E-state index in [9.17, 15) is 4.79 Å². The van der Waals surface area contributed by atoms with Crippen LogP contribution in [0.25, 0.3) is 0 Å². The summed E-state index contributed by atoms with van der Waals surface area (Å²) < 4.78 is 15.4. The fourth-order valence-electron chi connectivity index (χ4n) is 2.10. The van der Waals surface area contributed by atoms with E-state index < -0.39 is 6.16 Å². The molecule has 0 spiro atoms. The molecule has 4 heteroatoms. The van der Waals surface area contributed by atoms with Gasteiger partial charge in [0.2, 0.25) is 0 Å². The number of allylic oxidation sites excluding steroid dienone is 4. The lowest BCUT2D eigenvalue weighted by Crippen LogP contribution is -2.19. The average Bonchev–Trinajstić information content (AvgIpc) is 2.62. The predicted molar refractivity (Wildman–Crippen MR) is 67.0 cm³/mol. The van der Waals surface area contributed by atoms with Crippen LogP contribution in [0.1, 0.15) is 26.7 Å². The first-order valence-electron chi connectivity index (χ1n) is 6.47. The van der Waals surface area contributed by atoms with Gasteiger partial charge >= 0.3 is 6.16 Å². The molecule has 0 aromatic rings. The van der Waals surface area contributed by atoms with Crippen molar-refractivity contribution < 1.29 is 19.0 Å². The van der Waals surface area contributed by atoms with Gasteiger partial charge in [0, 0.05) is 6.42 Å². The molecule has 100 valence electrons. The Morgan fingerprint density at radius 2 is 2.33 bits per heavy atom. The lowest BCUT2D eigenvalue weighted by atomic mass is 9.89. The molecule has 1 aliphatic carbocycles. The van der Waals surface area contributed by atoms with Crippen molar-refractivity contribution in [3.8, 4) is 0 Å². The largest absolute Gasteiger partial charge is 0.508 e. The number of hydrogen-bond acceptors (Lipinski definition) is 4. The summed E-state index contributed by atoms with van der Waals surface area (Å²) in [5, 5.41) is 0. The van der Waals surface area contributed by atoms with E-state index in [1.165, 1.54) is 0 Å². The maximum absolute atomic E-state index is 10.8. The highest BCUT2D eigenvalue weighted by Crippen LogP contribution is 2.27. The monoisotopic (exact) mass is 252 g/mol. The van der Waals surface area contributed by atoms with Crippen LogP contribution in [0.3, 0.4) is 0 Å². The smallest absolute Gasteiger partial charge is 0.494 e. The molecule has 2 aliphatic rings. The zero-order valence-corrected chi connectivity index (χ0v) is 10.9. The third-order valence-electron chi connectivity index (χ3n) is 3.37. The fourth-order valence-corrected chi connectivity index (χ4v) is 2.10. The van der Waals surface area contributed by atoms with E-state index in [-0.39, 0.29) is 12.7 Å². The van der Waals surface area contributed by atoms with Crippen LogP contribution in [0.4, 0.5) is 4.79 Å². The zero-order valence-electron chi connectivity index (χ0n) is 10.9. The minimum absolute atomic E-state index is 0.275. The minimum atomic E-state index is -0.599. The first-order chi connectivity index (χ1) is 8.65. The second kappa shape index (κ2) is 5.94. The summed E-state index contributed by atoms with van der Waals surface area (Å²) in [6.07, 6.45) is 7.37. The number of ether oxygens (including phenoxy) is 3. The highest BCUT2D eigenvalue weighted by atomic mass is 16.8. The van der Waals surface area contributed by atoms with Gasteiger partial charge in [0.1, 0.15) is 13.2 Å². The van der Waals surface area contributed by atoms with Crippen molar-refractivity contribution in [2.45, 2.75) is 32.8 Å². The maximum Gasteiger partial charge on any atom is 0.508 e. The van der Waals surface area contributed by atoms with Gasteiger partial charge in [-0.05, 0) is 24.3 Å². The second-order valence-corrected chi connectivity index (χ2v) is 5.12. The molecule has 0 aromatic heterocycles. The normalized spacial score (nSPS) is 27.5. The van der Waals surface area contributed by atoms with Crippen molar-refractivity contribution in [1.29, 1.82) is 0 Å². The summed E-state index contributed by atoms with van der Waals surface area (Å²) in [5.41, 5.74) is 0. The summed E-state index contributed by atoms with van der Waals surface area (Å²) >= 11 is 0. The molecule has 0 amide bonds. The van der Waals surface area contributed by atoms with E-state index in [4.69, 9.17) is 14.2 Å². The SMILES string of the molecule is CC(C)C1CC=CC=C(OCC2COC(=O)O2)C1. The third-order valence-corrected chi connectivity index (χ3v) is 3.37. The van der Waals surface area contributed by atoms with E-state index in [0.29, 0.717) is 18.4 Å². The lowest BCUT2D eigenvalue weighted by Gasteiger charge is -2.20. The summed E-state index contributed by atoms with van der Waals surface area (Å²) in [7, 11) is 0. The molecular formula is C14H20O4. The van der Waals surface area contributed by atoms with Crippen molar-refractivity contribution in [2.75, 3.05) is 13.2 Å². The fraction of sp³-hybridized carbons (Fsp3) is 0.643. The Balaban J connectivity index is 1.82. The maximum atomic E-state index is 10.8. The van der Waals surface area contributed by atoms with Crippen LogP contribution >= 0.6 is 0 Å². The highest BCUT2D eigenvalue weighted by molar-refractivity contribution is 5.61. The summed E-state index contributed by atoms with van der Waals surface area (Å²) in [6, 6.07) is 0. The van der Waals surface area contributed by atoms with Crippen LogP contribution in [0.15, 0.2) is 24.0 Å². The van der Waals surface area contributed by atoms with Crippen LogP contribution in [0, 0.1) is 11.8 Å². The van der Waals surface area contributed by atoms with Crippen molar-refractivity contribution in [2.24, 2.45) is 11.8 Å². The van der Waals surface area contributed by atoms with Gasteiger partial charge in [-0.1, -0.05) is 26.0 Å². The Kier molecular flexibility index (Phi) is 4.28. The van der Waals surface area contributed by atoms with Gasteiger partial charge in [0.05, 0.1) is 5.76 Å². The van der Waals surface area contributed by atoms with Crippen LogP contribution in [-0.2, 0) is 14.2 Å². The number of cyclic esters (lactones) is 2. The highest BCUT2D eigenvalue weighted by Gasteiger charge is 2.26. The third kappa shape index (κ3) is 3.52. The van der Waals surface area contributed by atoms with Gasteiger partial charge < -0.3 is 14.2 Å². The molecule has 1 saturated heterocycles. The van der Waals surface area contributed by atoms with E-state index in [1.54, 1.807) is 0 Å². The molecular weight excluding hydrogens is 232 g/mol. The summed E-state index contributed by atoms with van der Waals surface area (Å²) in [4.78, 5) is 10.8. The van der Waals surface area contributed by atoms with Crippen molar-refractivity contribution >= 4 is 6.16 Å². The molecule has 18 heavy (non-hydrogen) atoms. The molecule has 0 aromatic carbocycles. The Labute approximate surface area is 108 Å². The molecule has 0 saturated carbocycles. The van der Waals surface area contributed by atoms with Crippen LogP contribution in [-0.4, -0.2) is 25.5 Å².